The molecule has 0 radical (unpaired) electrons. The molecular formula is C23H21F2NO. The average molecular weight is 365 g/mol. The van der Waals surface area contributed by atoms with Crippen LogP contribution in [0.4, 0.5) is 25.8 Å². The first-order chi connectivity index (χ1) is 13.1. The highest BCUT2D eigenvalue weighted by atomic mass is 19.1. The summed E-state index contributed by atoms with van der Waals surface area (Å²) in [5, 5.41) is 0. The number of aldehydes is 1. The molecule has 4 heteroatoms. The summed E-state index contributed by atoms with van der Waals surface area (Å²) in [5.41, 5.74) is 3.45. The molecule has 27 heavy (non-hydrogen) atoms. The molecule has 0 heterocycles. The molecule has 3 aromatic carbocycles. The van der Waals surface area contributed by atoms with Crippen LogP contribution < -0.4 is 4.90 Å². The molecule has 0 spiro atoms. The zero-order chi connectivity index (χ0) is 19.2. The molecule has 0 fully saturated rings. The van der Waals surface area contributed by atoms with Gasteiger partial charge in [0, 0.05) is 23.0 Å². The van der Waals surface area contributed by atoms with E-state index in [0.29, 0.717) is 11.3 Å². The Labute approximate surface area is 158 Å². The molecule has 3 aromatic rings. The Morgan fingerprint density at radius 3 is 2.07 bits per heavy atom. The van der Waals surface area contributed by atoms with E-state index in [2.05, 4.69) is 6.92 Å². The summed E-state index contributed by atoms with van der Waals surface area (Å²) >= 11 is 0. The number of anilines is 3. The Kier molecular flexibility index (Phi) is 5.97. The standard InChI is InChI=1S/C23H21F2NO/c1-2-3-4-17-5-10-20(11-6-17)26(21-12-7-18(16-27)8-13-21)23-14-9-19(24)15-22(23)25/h5-16H,2-4H2,1H3. The van der Waals surface area contributed by atoms with Gasteiger partial charge in [-0.1, -0.05) is 25.5 Å². The van der Waals surface area contributed by atoms with E-state index >= 15 is 0 Å². The van der Waals surface area contributed by atoms with Crippen LogP contribution in [0.2, 0.25) is 0 Å². The van der Waals surface area contributed by atoms with Crippen molar-refractivity contribution in [2.45, 2.75) is 26.2 Å². The second kappa shape index (κ2) is 8.58. The smallest absolute Gasteiger partial charge is 0.150 e. The zero-order valence-electron chi connectivity index (χ0n) is 15.2. The normalized spacial score (nSPS) is 10.6. The van der Waals surface area contributed by atoms with Crippen LogP contribution >= 0.6 is 0 Å². The van der Waals surface area contributed by atoms with Gasteiger partial charge >= 0.3 is 0 Å². The fourth-order valence-electron chi connectivity index (χ4n) is 2.98. The molecule has 0 unspecified atom stereocenters. The first kappa shape index (κ1) is 18.8. The third-order valence-electron chi connectivity index (χ3n) is 4.45. The molecule has 0 aliphatic rings. The van der Waals surface area contributed by atoms with Gasteiger partial charge in [-0.2, -0.15) is 0 Å². The lowest BCUT2D eigenvalue weighted by molar-refractivity contribution is 0.112. The second-order valence-corrected chi connectivity index (χ2v) is 6.41. The Morgan fingerprint density at radius 2 is 1.52 bits per heavy atom. The number of benzene rings is 3. The summed E-state index contributed by atoms with van der Waals surface area (Å²) in [6, 6.07) is 18.3. The van der Waals surface area contributed by atoms with Crippen LogP contribution in [0, 0.1) is 11.6 Å². The molecule has 2 nitrogen and oxygen atoms in total. The minimum atomic E-state index is -0.649. The van der Waals surface area contributed by atoms with Gasteiger partial charge in [-0.15, -0.1) is 0 Å². The van der Waals surface area contributed by atoms with E-state index < -0.39 is 11.6 Å². The Bertz CT molecular complexity index is 905. The van der Waals surface area contributed by atoms with Crippen LogP contribution in [-0.4, -0.2) is 6.29 Å². The van der Waals surface area contributed by atoms with Crippen molar-refractivity contribution in [2.75, 3.05) is 4.90 Å². The molecular weight excluding hydrogens is 344 g/mol. The van der Waals surface area contributed by atoms with Crippen molar-refractivity contribution >= 4 is 23.3 Å². The van der Waals surface area contributed by atoms with E-state index in [1.807, 2.05) is 24.3 Å². The van der Waals surface area contributed by atoms with Crippen LogP contribution in [0.5, 0.6) is 0 Å². The van der Waals surface area contributed by atoms with Crippen LogP contribution in [0.3, 0.4) is 0 Å². The summed E-state index contributed by atoms with van der Waals surface area (Å²) in [6.07, 6.45) is 3.99. The number of nitrogens with zero attached hydrogens (tertiary/aromatic N) is 1. The summed E-state index contributed by atoms with van der Waals surface area (Å²) < 4.78 is 27.9. The van der Waals surface area contributed by atoms with Crippen molar-refractivity contribution in [3.8, 4) is 0 Å². The maximum Gasteiger partial charge on any atom is 0.150 e. The first-order valence-electron chi connectivity index (χ1n) is 9.01. The Morgan fingerprint density at radius 1 is 0.889 bits per heavy atom. The lowest BCUT2D eigenvalue weighted by Crippen LogP contribution is -2.12. The minimum absolute atomic E-state index is 0.247. The monoisotopic (exact) mass is 365 g/mol. The first-order valence-corrected chi connectivity index (χ1v) is 9.01. The van der Waals surface area contributed by atoms with E-state index in [4.69, 9.17) is 0 Å². The molecule has 0 aliphatic carbocycles. The van der Waals surface area contributed by atoms with Gasteiger partial charge in [0.2, 0.25) is 0 Å². The predicted molar refractivity (Wildman–Crippen MR) is 105 cm³/mol. The molecule has 0 N–H and O–H groups in total. The van der Waals surface area contributed by atoms with Gasteiger partial charge in [0.1, 0.15) is 17.9 Å². The molecule has 0 bridgehead atoms. The Hall–Kier alpha value is -3.01. The number of aryl methyl sites for hydroxylation is 1. The third kappa shape index (κ3) is 4.40. The van der Waals surface area contributed by atoms with Crippen LogP contribution in [0.1, 0.15) is 35.7 Å². The number of unbranched alkanes of at least 4 members (excludes halogenated alkanes) is 1. The molecule has 3 rings (SSSR count). The maximum atomic E-state index is 14.5. The van der Waals surface area contributed by atoms with E-state index in [9.17, 15) is 13.6 Å². The number of hydrogen-bond acceptors (Lipinski definition) is 2. The second-order valence-electron chi connectivity index (χ2n) is 6.41. The number of halogens is 2. The highest BCUT2D eigenvalue weighted by Gasteiger charge is 2.17. The number of hydrogen-bond donors (Lipinski definition) is 0. The maximum absolute atomic E-state index is 14.5. The lowest BCUT2D eigenvalue weighted by atomic mass is 10.1. The van der Waals surface area contributed by atoms with Crippen molar-refractivity contribution in [2.24, 2.45) is 0 Å². The van der Waals surface area contributed by atoms with Gasteiger partial charge in [-0.05, 0) is 66.9 Å². The van der Waals surface area contributed by atoms with Crippen molar-refractivity contribution in [1.29, 1.82) is 0 Å². The van der Waals surface area contributed by atoms with E-state index in [-0.39, 0.29) is 5.69 Å². The van der Waals surface area contributed by atoms with Crippen molar-refractivity contribution < 1.29 is 13.6 Å². The van der Waals surface area contributed by atoms with E-state index in [1.165, 1.54) is 17.7 Å². The number of carbonyl (C=O) groups is 1. The molecule has 0 aromatic heterocycles. The summed E-state index contributed by atoms with van der Waals surface area (Å²) in [4.78, 5) is 12.6. The lowest BCUT2D eigenvalue weighted by Gasteiger charge is -2.26. The summed E-state index contributed by atoms with van der Waals surface area (Å²) in [5.74, 6) is -1.27. The van der Waals surface area contributed by atoms with Crippen molar-refractivity contribution in [3.05, 3.63) is 89.5 Å². The molecule has 0 saturated carbocycles. The molecule has 0 saturated heterocycles. The topological polar surface area (TPSA) is 20.3 Å². The van der Waals surface area contributed by atoms with Crippen LogP contribution in [0.25, 0.3) is 0 Å². The van der Waals surface area contributed by atoms with Crippen molar-refractivity contribution in [1.82, 2.24) is 0 Å². The predicted octanol–water partition coefficient (Wildman–Crippen LogP) is 6.59. The highest BCUT2D eigenvalue weighted by Crippen LogP contribution is 2.36. The number of rotatable bonds is 7. The summed E-state index contributed by atoms with van der Waals surface area (Å²) in [6.45, 7) is 2.15. The zero-order valence-corrected chi connectivity index (χ0v) is 15.2. The van der Waals surface area contributed by atoms with E-state index in [1.54, 1.807) is 29.2 Å². The Balaban J connectivity index is 2.04. The SMILES string of the molecule is CCCCc1ccc(N(c2ccc(C=O)cc2)c2ccc(F)cc2F)cc1. The molecule has 0 atom stereocenters. The number of carbonyl (C=O) groups excluding carboxylic acids is 1. The van der Waals surface area contributed by atoms with Gasteiger partial charge in [0.15, 0.2) is 0 Å². The highest BCUT2D eigenvalue weighted by molar-refractivity contribution is 5.80. The average Bonchev–Trinajstić information content (AvgIpc) is 2.69. The molecule has 0 amide bonds. The molecule has 0 aliphatic heterocycles. The quantitative estimate of drug-likeness (QED) is 0.440. The fourth-order valence-corrected chi connectivity index (χ4v) is 2.98. The van der Waals surface area contributed by atoms with Crippen LogP contribution in [-0.2, 0) is 6.42 Å². The van der Waals surface area contributed by atoms with Gasteiger partial charge in [0.05, 0.1) is 5.69 Å². The van der Waals surface area contributed by atoms with E-state index in [0.717, 1.165) is 37.3 Å². The van der Waals surface area contributed by atoms with Gasteiger partial charge < -0.3 is 4.90 Å². The minimum Gasteiger partial charge on any atom is -0.308 e. The third-order valence-corrected chi connectivity index (χ3v) is 4.45. The van der Waals surface area contributed by atoms with Gasteiger partial charge in [-0.3, -0.25) is 4.79 Å². The largest absolute Gasteiger partial charge is 0.308 e. The fraction of sp³-hybridized carbons (Fsp3) is 0.174. The van der Waals surface area contributed by atoms with Crippen molar-refractivity contribution in [3.63, 3.8) is 0 Å². The summed E-state index contributed by atoms with van der Waals surface area (Å²) in [7, 11) is 0. The molecule has 138 valence electrons. The van der Waals surface area contributed by atoms with Crippen LogP contribution in [0.15, 0.2) is 66.7 Å². The van der Waals surface area contributed by atoms with Gasteiger partial charge in [-0.25, -0.2) is 8.78 Å². The van der Waals surface area contributed by atoms with Gasteiger partial charge in [0.25, 0.3) is 0 Å².